The lowest BCUT2D eigenvalue weighted by molar-refractivity contribution is -0.137. The first-order valence-corrected chi connectivity index (χ1v) is 8.53. The van der Waals surface area contributed by atoms with Gasteiger partial charge in [0, 0.05) is 16.4 Å². The van der Waals surface area contributed by atoms with Crippen molar-refractivity contribution in [2.45, 2.75) is 6.18 Å². The quantitative estimate of drug-likeness (QED) is 0.530. The van der Waals surface area contributed by atoms with E-state index >= 15 is 0 Å². The molecule has 1 heterocycles. The highest BCUT2D eigenvalue weighted by Gasteiger charge is 2.35. The summed E-state index contributed by atoms with van der Waals surface area (Å²) in [6, 6.07) is 13.7. The van der Waals surface area contributed by atoms with Crippen molar-refractivity contribution in [3.8, 4) is 5.75 Å². The van der Waals surface area contributed by atoms with Gasteiger partial charge in [0.15, 0.2) is 0 Å². The van der Waals surface area contributed by atoms with Crippen molar-refractivity contribution in [3.63, 3.8) is 0 Å². The number of nitrogens with one attached hydrogen (secondary N) is 2. The smallest absolute Gasteiger partial charge is 0.421 e. The number of hydrogen-bond acceptors (Lipinski definition) is 5. The molecule has 2 N–H and O–H groups in total. The van der Waals surface area contributed by atoms with Gasteiger partial charge in [0.1, 0.15) is 17.1 Å². The van der Waals surface area contributed by atoms with Crippen LogP contribution in [0.2, 0.25) is 0 Å². The number of alkyl halides is 3. The summed E-state index contributed by atoms with van der Waals surface area (Å²) >= 11 is 3.30. The van der Waals surface area contributed by atoms with Crippen LogP contribution < -0.4 is 15.4 Å². The lowest BCUT2D eigenvalue weighted by Gasteiger charge is -2.15. The van der Waals surface area contributed by atoms with Gasteiger partial charge in [0.2, 0.25) is 5.95 Å². The molecule has 27 heavy (non-hydrogen) atoms. The molecule has 0 bridgehead atoms. The van der Waals surface area contributed by atoms with Gasteiger partial charge in [-0.3, -0.25) is 0 Å². The van der Waals surface area contributed by atoms with Crippen LogP contribution in [0.1, 0.15) is 5.56 Å². The third-order valence-electron chi connectivity index (χ3n) is 3.57. The Labute approximate surface area is 161 Å². The molecule has 0 aliphatic heterocycles. The number of halogens is 4. The molecule has 0 aliphatic carbocycles. The summed E-state index contributed by atoms with van der Waals surface area (Å²) in [6.45, 7) is 0. The minimum atomic E-state index is -4.60. The molecule has 1 aromatic heterocycles. The topological polar surface area (TPSA) is 59.1 Å². The second-order valence-corrected chi connectivity index (χ2v) is 6.27. The van der Waals surface area contributed by atoms with E-state index in [0.29, 0.717) is 21.6 Å². The van der Waals surface area contributed by atoms with E-state index in [2.05, 4.69) is 36.5 Å². The number of methoxy groups -OCH3 is 1. The second-order valence-electron chi connectivity index (χ2n) is 5.41. The average Bonchev–Trinajstić information content (AvgIpc) is 2.63. The fraction of sp³-hybridized carbons (Fsp3) is 0.111. The monoisotopic (exact) mass is 438 g/mol. The Morgan fingerprint density at radius 1 is 1.00 bits per heavy atom. The van der Waals surface area contributed by atoms with Gasteiger partial charge in [-0.15, -0.1) is 0 Å². The van der Waals surface area contributed by atoms with E-state index in [9.17, 15) is 13.2 Å². The molecule has 0 saturated heterocycles. The van der Waals surface area contributed by atoms with Crippen LogP contribution in [0.3, 0.4) is 0 Å². The molecule has 0 radical (unpaired) electrons. The summed E-state index contributed by atoms with van der Waals surface area (Å²) in [6.07, 6.45) is -3.85. The van der Waals surface area contributed by atoms with E-state index in [4.69, 9.17) is 4.74 Å². The van der Waals surface area contributed by atoms with Gasteiger partial charge in [-0.2, -0.15) is 18.2 Å². The lowest BCUT2D eigenvalue weighted by atomic mass is 10.2. The van der Waals surface area contributed by atoms with Gasteiger partial charge < -0.3 is 15.4 Å². The highest BCUT2D eigenvalue weighted by molar-refractivity contribution is 9.10. The zero-order chi connectivity index (χ0) is 19.4. The average molecular weight is 439 g/mol. The first-order valence-electron chi connectivity index (χ1n) is 7.73. The Balaban J connectivity index is 1.93. The number of ether oxygens (including phenoxy) is 1. The number of benzene rings is 2. The highest BCUT2D eigenvalue weighted by atomic mass is 79.9. The van der Waals surface area contributed by atoms with Gasteiger partial charge in [0.05, 0.1) is 12.8 Å². The predicted molar refractivity (Wildman–Crippen MR) is 101 cm³/mol. The zero-order valence-electron chi connectivity index (χ0n) is 14.0. The summed E-state index contributed by atoms with van der Waals surface area (Å²) in [5, 5.41) is 5.59. The normalized spacial score (nSPS) is 11.1. The number of nitrogens with zero attached hydrogens (tertiary/aromatic N) is 2. The van der Waals surface area contributed by atoms with E-state index in [1.807, 2.05) is 0 Å². The summed E-state index contributed by atoms with van der Waals surface area (Å²) < 4.78 is 45.7. The van der Waals surface area contributed by atoms with E-state index in [1.165, 1.54) is 0 Å². The van der Waals surface area contributed by atoms with Crippen LogP contribution in [0, 0.1) is 0 Å². The Morgan fingerprint density at radius 3 is 2.33 bits per heavy atom. The number of para-hydroxylation sites is 1. The molecule has 0 aliphatic rings. The molecule has 9 heteroatoms. The maximum Gasteiger partial charge on any atom is 0.421 e. The van der Waals surface area contributed by atoms with Crippen LogP contribution >= 0.6 is 15.9 Å². The number of hydrogen-bond donors (Lipinski definition) is 2. The molecule has 3 aromatic rings. The van der Waals surface area contributed by atoms with Gasteiger partial charge in [-0.1, -0.05) is 12.1 Å². The SMILES string of the molecule is COc1ccc(Nc2ncc(C(F)(F)F)c(Nc3ccccc3Br)n2)cc1. The minimum absolute atomic E-state index is 0.0303. The fourth-order valence-electron chi connectivity index (χ4n) is 2.24. The van der Waals surface area contributed by atoms with E-state index in [-0.39, 0.29) is 11.8 Å². The van der Waals surface area contributed by atoms with Crippen molar-refractivity contribution >= 4 is 39.1 Å². The van der Waals surface area contributed by atoms with Crippen LogP contribution in [0.4, 0.5) is 36.3 Å². The number of anilines is 4. The molecule has 0 saturated carbocycles. The van der Waals surface area contributed by atoms with Gasteiger partial charge in [-0.05, 0) is 52.3 Å². The number of rotatable bonds is 5. The van der Waals surface area contributed by atoms with E-state index in [1.54, 1.807) is 55.6 Å². The first-order chi connectivity index (χ1) is 12.9. The number of aromatic nitrogens is 2. The van der Waals surface area contributed by atoms with Crippen LogP contribution in [0.5, 0.6) is 5.75 Å². The maximum atomic E-state index is 13.3. The first kappa shape index (κ1) is 19.0. The third kappa shape index (κ3) is 4.68. The molecular weight excluding hydrogens is 425 g/mol. The highest BCUT2D eigenvalue weighted by Crippen LogP contribution is 2.36. The molecular formula is C18H14BrF3N4O. The summed E-state index contributed by atoms with van der Waals surface area (Å²) in [5.74, 6) is 0.341. The van der Waals surface area contributed by atoms with Crippen LogP contribution in [0.15, 0.2) is 59.2 Å². The van der Waals surface area contributed by atoms with Crippen molar-refractivity contribution in [1.29, 1.82) is 0 Å². The summed E-state index contributed by atoms with van der Waals surface area (Å²) in [4.78, 5) is 7.79. The molecule has 0 spiro atoms. The zero-order valence-corrected chi connectivity index (χ0v) is 15.6. The van der Waals surface area contributed by atoms with Crippen LogP contribution in [0.25, 0.3) is 0 Å². The van der Waals surface area contributed by atoms with E-state index < -0.39 is 11.7 Å². The Bertz CT molecular complexity index is 933. The summed E-state index contributed by atoms with van der Waals surface area (Å²) in [5.41, 5.74) is 0.109. The van der Waals surface area contributed by atoms with Crippen molar-refractivity contribution in [2.75, 3.05) is 17.7 Å². The minimum Gasteiger partial charge on any atom is -0.497 e. The lowest BCUT2D eigenvalue weighted by Crippen LogP contribution is -2.12. The predicted octanol–water partition coefficient (Wildman–Crippen LogP) is 5.75. The van der Waals surface area contributed by atoms with Crippen molar-refractivity contribution < 1.29 is 17.9 Å². The Hall–Kier alpha value is -2.81. The van der Waals surface area contributed by atoms with E-state index in [0.717, 1.165) is 6.20 Å². The summed E-state index contributed by atoms with van der Waals surface area (Å²) in [7, 11) is 1.54. The fourth-order valence-corrected chi connectivity index (χ4v) is 2.62. The largest absolute Gasteiger partial charge is 0.497 e. The molecule has 0 fully saturated rings. The van der Waals surface area contributed by atoms with Crippen molar-refractivity contribution in [2.24, 2.45) is 0 Å². The maximum absolute atomic E-state index is 13.3. The second kappa shape index (κ2) is 7.83. The standard InChI is InChI=1S/C18H14BrF3N4O/c1-27-12-8-6-11(7-9-12)24-17-23-10-13(18(20,21)22)16(26-17)25-15-5-3-2-4-14(15)19/h2-10H,1H3,(H2,23,24,25,26). The molecule has 5 nitrogen and oxygen atoms in total. The van der Waals surface area contributed by atoms with Crippen LogP contribution in [-0.2, 0) is 6.18 Å². The Morgan fingerprint density at radius 2 is 1.70 bits per heavy atom. The van der Waals surface area contributed by atoms with Crippen molar-refractivity contribution in [3.05, 3.63) is 64.8 Å². The third-order valence-corrected chi connectivity index (χ3v) is 4.26. The van der Waals surface area contributed by atoms with Gasteiger partial charge >= 0.3 is 6.18 Å². The molecule has 0 atom stereocenters. The van der Waals surface area contributed by atoms with Crippen LogP contribution in [-0.4, -0.2) is 17.1 Å². The Kier molecular flexibility index (Phi) is 5.50. The molecule has 0 amide bonds. The molecule has 140 valence electrons. The molecule has 0 unspecified atom stereocenters. The van der Waals surface area contributed by atoms with Gasteiger partial charge in [0.25, 0.3) is 0 Å². The molecule has 2 aromatic carbocycles. The molecule has 3 rings (SSSR count). The van der Waals surface area contributed by atoms with Crippen molar-refractivity contribution in [1.82, 2.24) is 9.97 Å². The van der Waals surface area contributed by atoms with Gasteiger partial charge in [-0.25, -0.2) is 4.98 Å².